The maximum Gasteiger partial charge on any atom is 0.146 e. The molecule has 2 nitrogen and oxygen atoms in total. The molecule has 2 aromatic carbocycles. The van der Waals surface area contributed by atoms with Gasteiger partial charge in [0.2, 0.25) is 0 Å². The van der Waals surface area contributed by atoms with Gasteiger partial charge in [0.1, 0.15) is 23.7 Å². The lowest BCUT2D eigenvalue weighted by atomic mass is 10.2. The molecule has 19 heavy (non-hydrogen) atoms. The number of fused-ring (bicyclic) bond motifs is 1. The van der Waals surface area contributed by atoms with E-state index in [2.05, 4.69) is 15.9 Å². The number of hydrogen-bond donors (Lipinski definition) is 0. The zero-order valence-electron chi connectivity index (χ0n) is 10.5. The summed E-state index contributed by atoms with van der Waals surface area (Å²) in [6.07, 6.45) is 0. The summed E-state index contributed by atoms with van der Waals surface area (Å²) in [5.41, 5.74) is 2.06. The predicted molar refractivity (Wildman–Crippen MR) is 79.4 cm³/mol. The van der Waals surface area contributed by atoms with Gasteiger partial charge in [-0.15, -0.1) is 0 Å². The van der Waals surface area contributed by atoms with E-state index >= 15 is 0 Å². The first-order chi connectivity index (χ1) is 9.22. The van der Waals surface area contributed by atoms with Crippen LogP contribution in [0.2, 0.25) is 0 Å². The maximum atomic E-state index is 5.75. The van der Waals surface area contributed by atoms with Gasteiger partial charge in [-0.05, 0) is 42.8 Å². The van der Waals surface area contributed by atoms with Crippen molar-refractivity contribution < 1.29 is 9.15 Å². The van der Waals surface area contributed by atoms with E-state index < -0.39 is 0 Å². The maximum absolute atomic E-state index is 5.75. The van der Waals surface area contributed by atoms with Crippen molar-refractivity contribution in [2.75, 3.05) is 0 Å². The van der Waals surface area contributed by atoms with Crippen molar-refractivity contribution in [1.29, 1.82) is 0 Å². The van der Waals surface area contributed by atoms with Crippen molar-refractivity contribution in [3.8, 4) is 5.75 Å². The van der Waals surface area contributed by atoms with Gasteiger partial charge in [0, 0.05) is 9.86 Å². The molecule has 0 atom stereocenters. The van der Waals surface area contributed by atoms with E-state index in [9.17, 15) is 0 Å². The highest BCUT2D eigenvalue weighted by Gasteiger charge is 2.06. The molecule has 0 saturated carbocycles. The molecule has 0 bridgehead atoms. The molecule has 3 rings (SSSR count). The minimum absolute atomic E-state index is 0.435. The van der Waals surface area contributed by atoms with Gasteiger partial charge >= 0.3 is 0 Å². The van der Waals surface area contributed by atoms with Gasteiger partial charge in [-0.2, -0.15) is 0 Å². The molecule has 0 aliphatic carbocycles. The van der Waals surface area contributed by atoms with Crippen LogP contribution in [-0.2, 0) is 6.61 Å². The third-order valence-electron chi connectivity index (χ3n) is 2.93. The van der Waals surface area contributed by atoms with Crippen LogP contribution < -0.4 is 4.74 Å². The average molecular weight is 317 g/mol. The van der Waals surface area contributed by atoms with Gasteiger partial charge in [-0.1, -0.05) is 34.1 Å². The van der Waals surface area contributed by atoms with Gasteiger partial charge < -0.3 is 9.15 Å². The Hall–Kier alpha value is -1.74. The summed E-state index contributed by atoms with van der Waals surface area (Å²) >= 11 is 3.51. The zero-order valence-corrected chi connectivity index (χ0v) is 12.1. The molecule has 0 N–H and O–H groups in total. The second-order valence-electron chi connectivity index (χ2n) is 4.47. The van der Waals surface area contributed by atoms with Crippen LogP contribution in [0.3, 0.4) is 0 Å². The highest BCUT2D eigenvalue weighted by Crippen LogP contribution is 2.27. The fourth-order valence-corrected chi connectivity index (χ4v) is 2.47. The van der Waals surface area contributed by atoms with E-state index in [0.29, 0.717) is 6.61 Å². The predicted octanol–water partition coefficient (Wildman–Crippen LogP) is 5.08. The molecule has 0 saturated heterocycles. The smallest absolute Gasteiger partial charge is 0.146 e. The Kier molecular flexibility index (Phi) is 3.30. The van der Waals surface area contributed by atoms with Gasteiger partial charge in [0.25, 0.3) is 0 Å². The van der Waals surface area contributed by atoms with Crippen LogP contribution >= 0.6 is 15.9 Å². The number of aryl methyl sites for hydroxylation is 1. The van der Waals surface area contributed by atoms with Gasteiger partial charge in [0.15, 0.2) is 0 Å². The molecule has 0 amide bonds. The summed E-state index contributed by atoms with van der Waals surface area (Å²) in [5, 5.41) is 1.07. The summed E-state index contributed by atoms with van der Waals surface area (Å²) in [6.45, 7) is 2.48. The summed E-state index contributed by atoms with van der Waals surface area (Å²) < 4.78 is 12.5. The van der Waals surface area contributed by atoms with Crippen LogP contribution in [0.1, 0.15) is 11.3 Å². The number of furan rings is 1. The van der Waals surface area contributed by atoms with Gasteiger partial charge in [-0.3, -0.25) is 0 Å². The van der Waals surface area contributed by atoms with Crippen molar-refractivity contribution in [3.05, 3.63) is 64.3 Å². The molecule has 0 fully saturated rings. The van der Waals surface area contributed by atoms with E-state index in [1.807, 2.05) is 55.5 Å². The van der Waals surface area contributed by atoms with Crippen molar-refractivity contribution in [2.24, 2.45) is 0 Å². The first kappa shape index (κ1) is 12.3. The van der Waals surface area contributed by atoms with Crippen LogP contribution in [-0.4, -0.2) is 0 Å². The molecule has 0 aliphatic rings. The molecule has 3 aromatic rings. The average Bonchev–Trinajstić information content (AvgIpc) is 2.81. The number of ether oxygens (including phenoxy) is 1. The van der Waals surface area contributed by atoms with E-state index in [0.717, 1.165) is 27.0 Å². The Labute approximate surface area is 120 Å². The molecule has 96 valence electrons. The molecule has 0 spiro atoms. The molecule has 0 unspecified atom stereocenters. The first-order valence-electron chi connectivity index (χ1n) is 6.09. The van der Waals surface area contributed by atoms with Crippen molar-refractivity contribution >= 4 is 26.9 Å². The Morgan fingerprint density at radius 1 is 1.11 bits per heavy atom. The van der Waals surface area contributed by atoms with Crippen LogP contribution in [0, 0.1) is 6.92 Å². The minimum atomic E-state index is 0.435. The molecule has 0 aliphatic heterocycles. The summed E-state index contributed by atoms with van der Waals surface area (Å²) in [6, 6.07) is 15.9. The lowest BCUT2D eigenvalue weighted by Gasteiger charge is -2.04. The molecule has 0 radical (unpaired) electrons. The fraction of sp³-hybridized carbons (Fsp3) is 0.125. The highest BCUT2D eigenvalue weighted by molar-refractivity contribution is 9.10. The third kappa shape index (κ3) is 2.66. The molecule has 3 heteroatoms. The Morgan fingerprint density at radius 2 is 1.95 bits per heavy atom. The van der Waals surface area contributed by atoms with E-state index in [4.69, 9.17) is 9.15 Å². The number of hydrogen-bond acceptors (Lipinski definition) is 2. The minimum Gasteiger partial charge on any atom is -0.486 e. The monoisotopic (exact) mass is 316 g/mol. The van der Waals surface area contributed by atoms with E-state index in [-0.39, 0.29) is 0 Å². The summed E-state index contributed by atoms with van der Waals surface area (Å²) in [4.78, 5) is 0. The number of benzene rings is 2. The molecule has 1 heterocycles. The Bertz CT molecular complexity index is 716. The summed E-state index contributed by atoms with van der Waals surface area (Å²) in [7, 11) is 0. The standard InChI is InChI=1S/C16H13BrO2/c1-11-4-2-5-12(8-11)18-10-13-9-14-15(17)6-3-7-16(14)19-13/h2-9H,10H2,1H3. The highest BCUT2D eigenvalue weighted by atomic mass is 79.9. The van der Waals surface area contributed by atoms with Gasteiger partial charge in [-0.25, -0.2) is 0 Å². The largest absolute Gasteiger partial charge is 0.486 e. The normalized spacial score (nSPS) is 10.8. The first-order valence-corrected chi connectivity index (χ1v) is 6.88. The third-order valence-corrected chi connectivity index (χ3v) is 3.62. The van der Waals surface area contributed by atoms with Crippen molar-refractivity contribution in [1.82, 2.24) is 0 Å². The molecule has 1 aromatic heterocycles. The van der Waals surface area contributed by atoms with Gasteiger partial charge in [0.05, 0.1) is 0 Å². The molecular weight excluding hydrogens is 304 g/mol. The van der Waals surface area contributed by atoms with E-state index in [1.165, 1.54) is 5.56 Å². The SMILES string of the molecule is Cc1cccc(OCc2cc3c(Br)cccc3o2)c1. The van der Waals surface area contributed by atoms with Crippen molar-refractivity contribution in [2.45, 2.75) is 13.5 Å². The quantitative estimate of drug-likeness (QED) is 0.672. The van der Waals surface area contributed by atoms with Crippen molar-refractivity contribution in [3.63, 3.8) is 0 Å². The van der Waals surface area contributed by atoms with E-state index in [1.54, 1.807) is 0 Å². The fourth-order valence-electron chi connectivity index (χ4n) is 2.01. The lowest BCUT2D eigenvalue weighted by Crippen LogP contribution is -1.93. The second kappa shape index (κ2) is 5.10. The number of halogens is 1. The Morgan fingerprint density at radius 3 is 2.74 bits per heavy atom. The topological polar surface area (TPSA) is 22.4 Å². The lowest BCUT2D eigenvalue weighted by molar-refractivity contribution is 0.274. The summed E-state index contributed by atoms with van der Waals surface area (Å²) in [5.74, 6) is 1.68. The van der Waals surface area contributed by atoms with Crippen LogP contribution in [0.25, 0.3) is 11.0 Å². The molecular formula is C16H13BrO2. The van der Waals surface area contributed by atoms with Crippen LogP contribution in [0.15, 0.2) is 57.4 Å². The van der Waals surface area contributed by atoms with Crippen LogP contribution in [0.5, 0.6) is 5.75 Å². The number of rotatable bonds is 3. The Balaban J connectivity index is 1.80. The second-order valence-corrected chi connectivity index (χ2v) is 5.32. The van der Waals surface area contributed by atoms with Crippen LogP contribution in [0.4, 0.5) is 0 Å². The zero-order chi connectivity index (χ0) is 13.2.